The highest BCUT2D eigenvalue weighted by atomic mass is 16.6. The predicted molar refractivity (Wildman–Crippen MR) is 66.6 cm³/mol. The summed E-state index contributed by atoms with van der Waals surface area (Å²) in [5, 5.41) is 15.9. The van der Waals surface area contributed by atoms with Gasteiger partial charge in [-0.2, -0.15) is 0 Å². The molecule has 0 heterocycles. The summed E-state index contributed by atoms with van der Waals surface area (Å²) in [4.78, 5) is 21.5. The number of nitro groups is 1. The lowest BCUT2D eigenvalue weighted by molar-refractivity contribution is -0.384. The Hall–Kier alpha value is -2.15. The fourth-order valence-corrected chi connectivity index (χ4v) is 1.36. The number of rotatable bonds is 5. The van der Waals surface area contributed by atoms with Crippen LogP contribution in [-0.2, 0) is 4.74 Å². The number of carbonyl (C=O) groups excluding carboxylic acids is 1. The summed E-state index contributed by atoms with van der Waals surface area (Å²) in [6, 6.07) is 5.66. The van der Waals surface area contributed by atoms with Crippen LogP contribution in [0.4, 0.5) is 16.2 Å². The third-order valence-corrected chi connectivity index (χ3v) is 2.10. The predicted octanol–water partition coefficient (Wildman–Crippen LogP) is 1.75. The van der Waals surface area contributed by atoms with Gasteiger partial charge in [0.25, 0.3) is 5.69 Å². The van der Waals surface area contributed by atoms with Crippen LogP contribution in [-0.4, -0.2) is 30.7 Å². The number of nitro benzene ring substituents is 1. The van der Waals surface area contributed by atoms with Crippen LogP contribution in [0.3, 0.4) is 0 Å². The zero-order chi connectivity index (χ0) is 13.5. The molecule has 0 saturated heterocycles. The van der Waals surface area contributed by atoms with Crippen molar-refractivity contribution < 1.29 is 14.5 Å². The summed E-state index contributed by atoms with van der Waals surface area (Å²) in [5.74, 6) is 0. The molecular weight excluding hydrogens is 238 g/mol. The van der Waals surface area contributed by atoms with E-state index < -0.39 is 11.0 Å². The summed E-state index contributed by atoms with van der Waals surface area (Å²) < 4.78 is 5.01. The van der Waals surface area contributed by atoms with E-state index in [1.54, 1.807) is 20.0 Å². The number of non-ortho nitro benzene ring substituents is 1. The van der Waals surface area contributed by atoms with Gasteiger partial charge in [-0.15, -0.1) is 0 Å². The molecule has 1 atom stereocenters. The summed E-state index contributed by atoms with van der Waals surface area (Å²) in [6.07, 6.45) is -0.924. The minimum Gasteiger partial charge on any atom is -0.445 e. The minimum atomic E-state index is -0.641. The molecule has 0 saturated carbocycles. The monoisotopic (exact) mass is 253 g/mol. The first-order chi connectivity index (χ1) is 8.52. The zero-order valence-electron chi connectivity index (χ0n) is 10.2. The molecule has 0 aliphatic heterocycles. The quantitative estimate of drug-likeness (QED) is 0.616. The number of nitrogens with zero attached hydrogens (tertiary/aromatic N) is 1. The van der Waals surface area contributed by atoms with Crippen LogP contribution in [0.2, 0.25) is 0 Å². The number of ether oxygens (including phenoxy) is 1. The molecule has 18 heavy (non-hydrogen) atoms. The lowest BCUT2D eigenvalue weighted by Gasteiger charge is -2.13. The smallest absolute Gasteiger partial charge is 0.411 e. The van der Waals surface area contributed by atoms with Crippen LogP contribution in [0.1, 0.15) is 6.92 Å². The molecule has 1 aromatic rings. The Bertz CT molecular complexity index is 436. The molecule has 1 amide bonds. The number of carbonyl (C=O) groups is 1. The molecule has 0 aliphatic rings. The number of benzene rings is 1. The Kier molecular flexibility index (Phi) is 5.06. The highest BCUT2D eigenvalue weighted by Gasteiger charge is 2.11. The Morgan fingerprint density at radius 3 is 2.89 bits per heavy atom. The number of likely N-dealkylation sites (N-methyl/N-ethyl adjacent to an activating group) is 1. The fraction of sp³-hybridized carbons (Fsp3) is 0.364. The van der Waals surface area contributed by atoms with Gasteiger partial charge in [-0.05, 0) is 20.0 Å². The molecule has 1 unspecified atom stereocenters. The summed E-state index contributed by atoms with van der Waals surface area (Å²) in [7, 11) is 1.75. The molecule has 0 spiro atoms. The van der Waals surface area contributed by atoms with Crippen LogP contribution >= 0.6 is 0 Å². The zero-order valence-corrected chi connectivity index (χ0v) is 10.2. The van der Waals surface area contributed by atoms with Gasteiger partial charge in [0.05, 0.1) is 10.6 Å². The number of hydrogen-bond donors (Lipinski definition) is 2. The molecule has 1 aromatic carbocycles. The lowest BCUT2D eigenvalue weighted by atomic mass is 10.3. The number of hydrogen-bond acceptors (Lipinski definition) is 5. The maximum atomic E-state index is 11.4. The highest BCUT2D eigenvalue weighted by Crippen LogP contribution is 2.17. The number of amides is 1. The van der Waals surface area contributed by atoms with E-state index >= 15 is 0 Å². The Labute approximate surface area is 104 Å². The van der Waals surface area contributed by atoms with Gasteiger partial charge in [-0.25, -0.2) is 4.79 Å². The molecule has 0 aliphatic carbocycles. The SMILES string of the molecule is CNCC(C)OC(=O)Nc1cccc([N+](=O)[O-])c1. The van der Waals surface area contributed by atoms with Gasteiger partial charge < -0.3 is 10.1 Å². The third kappa shape index (κ3) is 4.38. The second-order valence-corrected chi connectivity index (χ2v) is 3.71. The summed E-state index contributed by atoms with van der Waals surface area (Å²) in [6.45, 7) is 2.27. The number of nitrogens with one attached hydrogen (secondary N) is 2. The molecular formula is C11H15N3O4. The van der Waals surface area contributed by atoms with Gasteiger partial charge in [0, 0.05) is 18.7 Å². The van der Waals surface area contributed by atoms with Crippen LogP contribution < -0.4 is 10.6 Å². The highest BCUT2D eigenvalue weighted by molar-refractivity contribution is 5.85. The molecule has 98 valence electrons. The van der Waals surface area contributed by atoms with Crippen molar-refractivity contribution in [2.75, 3.05) is 18.9 Å². The number of anilines is 1. The van der Waals surface area contributed by atoms with Crippen molar-refractivity contribution in [1.29, 1.82) is 0 Å². The van der Waals surface area contributed by atoms with E-state index in [0.717, 1.165) is 0 Å². The van der Waals surface area contributed by atoms with E-state index in [-0.39, 0.29) is 11.8 Å². The third-order valence-electron chi connectivity index (χ3n) is 2.10. The van der Waals surface area contributed by atoms with Crippen LogP contribution in [0.5, 0.6) is 0 Å². The second kappa shape index (κ2) is 6.55. The fourth-order valence-electron chi connectivity index (χ4n) is 1.36. The first kappa shape index (κ1) is 13.9. The molecule has 1 rings (SSSR count). The van der Waals surface area contributed by atoms with Gasteiger partial charge in [-0.3, -0.25) is 15.4 Å². The van der Waals surface area contributed by atoms with Crippen molar-refractivity contribution in [3.63, 3.8) is 0 Å². The van der Waals surface area contributed by atoms with Gasteiger partial charge in [-0.1, -0.05) is 6.07 Å². The molecule has 7 heteroatoms. The van der Waals surface area contributed by atoms with Crippen molar-refractivity contribution in [2.24, 2.45) is 0 Å². The average molecular weight is 253 g/mol. The van der Waals surface area contributed by atoms with Crippen molar-refractivity contribution in [2.45, 2.75) is 13.0 Å². The van der Waals surface area contributed by atoms with E-state index in [0.29, 0.717) is 12.2 Å². The summed E-state index contributed by atoms with van der Waals surface area (Å²) >= 11 is 0. The maximum Gasteiger partial charge on any atom is 0.411 e. The van der Waals surface area contributed by atoms with E-state index in [2.05, 4.69) is 10.6 Å². The van der Waals surface area contributed by atoms with Gasteiger partial charge >= 0.3 is 6.09 Å². The van der Waals surface area contributed by atoms with E-state index in [1.807, 2.05) is 0 Å². The van der Waals surface area contributed by atoms with E-state index in [1.165, 1.54) is 18.2 Å². The normalized spacial score (nSPS) is 11.7. The first-order valence-corrected chi connectivity index (χ1v) is 5.39. The second-order valence-electron chi connectivity index (χ2n) is 3.71. The molecule has 0 fully saturated rings. The van der Waals surface area contributed by atoms with Crippen molar-refractivity contribution in [1.82, 2.24) is 5.32 Å². The van der Waals surface area contributed by atoms with Gasteiger partial charge in [0.2, 0.25) is 0 Å². The molecule has 2 N–H and O–H groups in total. The Morgan fingerprint density at radius 1 is 1.56 bits per heavy atom. The van der Waals surface area contributed by atoms with Crippen LogP contribution in [0.25, 0.3) is 0 Å². The van der Waals surface area contributed by atoms with Crippen molar-refractivity contribution in [3.8, 4) is 0 Å². The molecule has 7 nitrogen and oxygen atoms in total. The topological polar surface area (TPSA) is 93.5 Å². The van der Waals surface area contributed by atoms with E-state index in [4.69, 9.17) is 4.74 Å². The van der Waals surface area contributed by atoms with Gasteiger partial charge in [0.1, 0.15) is 6.10 Å². The lowest BCUT2D eigenvalue weighted by Crippen LogP contribution is -2.28. The van der Waals surface area contributed by atoms with E-state index in [9.17, 15) is 14.9 Å². The Balaban J connectivity index is 2.59. The molecule has 0 radical (unpaired) electrons. The molecule has 0 bridgehead atoms. The summed E-state index contributed by atoms with van der Waals surface area (Å²) in [5.41, 5.74) is 0.238. The van der Waals surface area contributed by atoms with Gasteiger partial charge in [0.15, 0.2) is 0 Å². The molecule has 0 aromatic heterocycles. The average Bonchev–Trinajstić information content (AvgIpc) is 2.29. The maximum absolute atomic E-state index is 11.4. The Morgan fingerprint density at radius 2 is 2.28 bits per heavy atom. The standard InChI is InChI=1S/C11H15N3O4/c1-8(7-12-2)18-11(15)13-9-4-3-5-10(6-9)14(16)17/h3-6,8,12H,7H2,1-2H3,(H,13,15). The van der Waals surface area contributed by atoms with Crippen molar-refractivity contribution >= 4 is 17.5 Å². The van der Waals surface area contributed by atoms with Crippen LogP contribution in [0, 0.1) is 10.1 Å². The largest absolute Gasteiger partial charge is 0.445 e. The van der Waals surface area contributed by atoms with Crippen LogP contribution in [0.15, 0.2) is 24.3 Å². The first-order valence-electron chi connectivity index (χ1n) is 5.39. The van der Waals surface area contributed by atoms with Crippen molar-refractivity contribution in [3.05, 3.63) is 34.4 Å². The minimum absolute atomic E-state index is 0.0870.